The largest absolute Gasteiger partial charge is 0.465 e. The maximum atomic E-state index is 11.6. The number of aromatic nitrogens is 1. The van der Waals surface area contributed by atoms with Crippen molar-refractivity contribution in [3.8, 4) is 0 Å². The summed E-state index contributed by atoms with van der Waals surface area (Å²) in [4.78, 5) is 16.0. The second-order valence-corrected chi connectivity index (χ2v) is 5.37. The summed E-state index contributed by atoms with van der Waals surface area (Å²) in [5, 5.41) is 4.36. The van der Waals surface area contributed by atoms with Crippen LogP contribution in [-0.4, -0.2) is 18.1 Å². The van der Waals surface area contributed by atoms with Crippen LogP contribution in [0.3, 0.4) is 0 Å². The first-order valence-corrected chi connectivity index (χ1v) is 7.39. The number of ether oxygens (including phenoxy) is 1. The summed E-state index contributed by atoms with van der Waals surface area (Å²) >= 11 is 0. The van der Waals surface area contributed by atoms with Crippen LogP contribution in [0.2, 0.25) is 0 Å². The number of aryl methyl sites for hydroxylation is 1. The van der Waals surface area contributed by atoms with Gasteiger partial charge in [-0.3, -0.25) is 0 Å². The molecule has 0 aliphatic carbocycles. The Morgan fingerprint density at radius 2 is 2.04 bits per heavy atom. The number of benzene rings is 1. The Balaban J connectivity index is 1.80. The topological polar surface area (TPSA) is 64.4 Å². The Hall–Kier alpha value is -2.82. The van der Waals surface area contributed by atoms with Gasteiger partial charge in [0.2, 0.25) is 0 Å². The van der Waals surface area contributed by atoms with E-state index in [1.54, 1.807) is 19.1 Å². The first-order valence-electron chi connectivity index (χ1n) is 7.39. The third-order valence-corrected chi connectivity index (χ3v) is 3.73. The zero-order valence-corrected chi connectivity index (χ0v) is 13.3. The van der Waals surface area contributed by atoms with Gasteiger partial charge < -0.3 is 14.5 Å². The first kappa shape index (κ1) is 15.1. The van der Waals surface area contributed by atoms with Gasteiger partial charge in [-0.1, -0.05) is 18.2 Å². The Morgan fingerprint density at radius 3 is 2.74 bits per heavy atom. The van der Waals surface area contributed by atoms with E-state index in [-0.39, 0.29) is 12.0 Å². The monoisotopic (exact) mass is 310 g/mol. The van der Waals surface area contributed by atoms with Crippen LogP contribution in [-0.2, 0) is 4.74 Å². The van der Waals surface area contributed by atoms with Gasteiger partial charge in [0, 0.05) is 5.39 Å². The van der Waals surface area contributed by atoms with Crippen LogP contribution in [0.1, 0.15) is 34.8 Å². The standard InChI is InChI=1S/C18H18N2O3/c1-11-14(18(21)22-3)8-9-17(19-11)20-12(2)16-10-13-6-4-5-7-15(13)23-16/h4-10,12H,1-3H3,(H,19,20)/t12-/m1/s1. The molecule has 0 amide bonds. The van der Waals surface area contributed by atoms with Crippen LogP contribution in [0.4, 0.5) is 5.82 Å². The van der Waals surface area contributed by atoms with E-state index in [0.717, 1.165) is 16.7 Å². The summed E-state index contributed by atoms with van der Waals surface area (Å²) in [6.45, 7) is 3.78. The quantitative estimate of drug-likeness (QED) is 0.735. The zero-order valence-electron chi connectivity index (χ0n) is 13.3. The van der Waals surface area contributed by atoms with Gasteiger partial charge in [-0.25, -0.2) is 9.78 Å². The number of methoxy groups -OCH3 is 1. The predicted molar refractivity (Wildman–Crippen MR) is 88.6 cm³/mol. The van der Waals surface area contributed by atoms with Crippen molar-refractivity contribution in [1.82, 2.24) is 4.98 Å². The highest BCUT2D eigenvalue weighted by molar-refractivity contribution is 5.90. The van der Waals surface area contributed by atoms with Crippen molar-refractivity contribution in [2.75, 3.05) is 12.4 Å². The summed E-state index contributed by atoms with van der Waals surface area (Å²) in [7, 11) is 1.36. The minimum atomic E-state index is -0.383. The van der Waals surface area contributed by atoms with E-state index < -0.39 is 0 Å². The number of pyridine rings is 1. The number of anilines is 1. The predicted octanol–water partition coefficient (Wildman–Crippen LogP) is 4.10. The molecule has 2 aromatic heterocycles. The van der Waals surface area contributed by atoms with Gasteiger partial charge in [0.05, 0.1) is 24.4 Å². The molecule has 0 saturated carbocycles. The molecule has 23 heavy (non-hydrogen) atoms. The van der Waals surface area contributed by atoms with Gasteiger partial charge in [0.25, 0.3) is 0 Å². The van der Waals surface area contributed by atoms with E-state index in [2.05, 4.69) is 10.3 Å². The Labute approximate surface area is 134 Å². The molecule has 0 aliphatic heterocycles. The van der Waals surface area contributed by atoms with Crippen LogP contribution < -0.4 is 5.32 Å². The molecule has 0 fully saturated rings. The number of para-hydroxylation sites is 1. The van der Waals surface area contributed by atoms with E-state index in [0.29, 0.717) is 17.1 Å². The SMILES string of the molecule is COC(=O)c1ccc(N[C@H](C)c2cc3ccccc3o2)nc1C. The van der Waals surface area contributed by atoms with Crippen LogP contribution in [0.5, 0.6) is 0 Å². The highest BCUT2D eigenvalue weighted by Crippen LogP contribution is 2.26. The van der Waals surface area contributed by atoms with Crippen molar-refractivity contribution in [2.45, 2.75) is 19.9 Å². The number of nitrogens with one attached hydrogen (secondary N) is 1. The lowest BCUT2D eigenvalue weighted by Crippen LogP contribution is -2.10. The normalized spacial score (nSPS) is 12.1. The Bertz CT molecular complexity index is 821. The van der Waals surface area contributed by atoms with Crippen LogP contribution in [0.15, 0.2) is 46.9 Å². The highest BCUT2D eigenvalue weighted by Gasteiger charge is 2.14. The molecular formula is C18H18N2O3. The fourth-order valence-electron chi connectivity index (χ4n) is 2.48. The molecule has 3 rings (SSSR count). The molecule has 0 unspecified atom stereocenters. The fourth-order valence-corrected chi connectivity index (χ4v) is 2.48. The third kappa shape index (κ3) is 3.04. The number of nitrogens with zero attached hydrogens (tertiary/aromatic N) is 1. The summed E-state index contributed by atoms with van der Waals surface area (Å²) in [6, 6.07) is 13.3. The fraction of sp³-hybridized carbons (Fsp3) is 0.222. The number of hydrogen-bond donors (Lipinski definition) is 1. The van der Waals surface area contributed by atoms with Gasteiger partial charge in [0.1, 0.15) is 17.2 Å². The maximum absolute atomic E-state index is 11.6. The van der Waals surface area contributed by atoms with Gasteiger partial charge in [0.15, 0.2) is 0 Å². The maximum Gasteiger partial charge on any atom is 0.339 e. The zero-order chi connectivity index (χ0) is 16.4. The van der Waals surface area contributed by atoms with Crippen molar-refractivity contribution in [2.24, 2.45) is 0 Å². The van der Waals surface area contributed by atoms with E-state index >= 15 is 0 Å². The first-order chi connectivity index (χ1) is 11.1. The van der Waals surface area contributed by atoms with Gasteiger partial charge in [-0.2, -0.15) is 0 Å². The molecule has 1 aromatic carbocycles. The van der Waals surface area contributed by atoms with Gasteiger partial charge in [-0.05, 0) is 38.1 Å². The van der Waals surface area contributed by atoms with Crippen molar-refractivity contribution < 1.29 is 13.9 Å². The summed E-state index contributed by atoms with van der Waals surface area (Å²) in [5.41, 5.74) is 1.95. The molecular weight excluding hydrogens is 292 g/mol. The average molecular weight is 310 g/mol. The molecule has 0 bridgehead atoms. The lowest BCUT2D eigenvalue weighted by molar-refractivity contribution is 0.0599. The molecule has 1 atom stereocenters. The molecule has 0 radical (unpaired) electrons. The van der Waals surface area contributed by atoms with Crippen molar-refractivity contribution in [3.63, 3.8) is 0 Å². The Kier molecular flexibility index (Phi) is 4.02. The highest BCUT2D eigenvalue weighted by atomic mass is 16.5. The minimum Gasteiger partial charge on any atom is -0.465 e. The Morgan fingerprint density at radius 1 is 1.26 bits per heavy atom. The molecule has 0 saturated heterocycles. The molecule has 1 N–H and O–H groups in total. The molecule has 0 spiro atoms. The number of carbonyl (C=O) groups excluding carboxylic acids is 1. The third-order valence-electron chi connectivity index (χ3n) is 3.73. The van der Waals surface area contributed by atoms with Crippen LogP contribution >= 0.6 is 0 Å². The second kappa shape index (κ2) is 6.12. The van der Waals surface area contributed by atoms with Crippen molar-refractivity contribution in [3.05, 3.63) is 59.5 Å². The number of carbonyl (C=O) groups is 1. The second-order valence-electron chi connectivity index (χ2n) is 5.37. The molecule has 3 aromatic rings. The van der Waals surface area contributed by atoms with Crippen molar-refractivity contribution >= 4 is 22.8 Å². The molecule has 0 aliphatic rings. The molecule has 118 valence electrons. The number of hydrogen-bond acceptors (Lipinski definition) is 5. The summed E-state index contributed by atoms with van der Waals surface area (Å²) in [5.74, 6) is 1.14. The summed E-state index contributed by atoms with van der Waals surface area (Å²) < 4.78 is 10.6. The number of rotatable bonds is 4. The molecule has 2 heterocycles. The lowest BCUT2D eigenvalue weighted by Gasteiger charge is -2.13. The van der Waals surface area contributed by atoms with Crippen molar-refractivity contribution in [1.29, 1.82) is 0 Å². The number of fused-ring (bicyclic) bond motifs is 1. The van der Waals surface area contributed by atoms with Crippen LogP contribution in [0, 0.1) is 6.92 Å². The lowest BCUT2D eigenvalue weighted by atomic mass is 10.2. The molecule has 5 nitrogen and oxygen atoms in total. The number of furan rings is 1. The average Bonchev–Trinajstić information content (AvgIpc) is 2.98. The summed E-state index contributed by atoms with van der Waals surface area (Å²) in [6.07, 6.45) is 0. The van der Waals surface area contributed by atoms with Gasteiger partial charge in [-0.15, -0.1) is 0 Å². The van der Waals surface area contributed by atoms with E-state index in [1.807, 2.05) is 37.3 Å². The minimum absolute atomic E-state index is 0.0433. The molecule has 5 heteroatoms. The van der Waals surface area contributed by atoms with E-state index in [9.17, 15) is 4.79 Å². The smallest absolute Gasteiger partial charge is 0.339 e. The number of esters is 1. The van der Waals surface area contributed by atoms with Gasteiger partial charge >= 0.3 is 5.97 Å². The van der Waals surface area contributed by atoms with Crippen LogP contribution in [0.25, 0.3) is 11.0 Å². The van der Waals surface area contributed by atoms with E-state index in [1.165, 1.54) is 7.11 Å². The van der Waals surface area contributed by atoms with E-state index in [4.69, 9.17) is 9.15 Å².